The molecule has 2 nitrogen and oxygen atoms in total. The fourth-order valence-corrected chi connectivity index (χ4v) is 3.47. The van der Waals surface area contributed by atoms with Crippen molar-refractivity contribution in [2.45, 2.75) is 62.8 Å². The van der Waals surface area contributed by atoms with Gasteiger partial charge in [0.1, 0.15) is 0 Å². The minimum Gasteiger partial charge on any atom is -0.378 e. The average molecular weight is 277 g/mol. The summed E-state index contributed by atoms with van der Waals surface area (Å²) >= 11 is 3.56. The Balaban J connectivity index is 2.12. The Morgan fingerprint density at radius 2 is 2.13 bits per heavy atom. The molecule has 2 aliphatic rings. The van der Waals surface area contributed by atoms with E-state index in [-0.39, 0.29) is 11.2 Å². The van der Waals surface area contributed by atoms with Crippen LogP contribution in [-0.2, 0) is 9.47 Å². The molecule has 1 saturated heterocycles. The van der Waals surface area contributed by atoms with Crippen molar-refractivity contribution in [1.29, 1.82) is 0 Å². The zero-order valence-electron chi connectivity index (χ0n) is 9.72. The third-order valence-corrected chi connectivity index (χ3v) is 5.18. The Labute approximate surface area is 101 Å². The SMILES string of the molecule is COC1CCCCC12CCC(C)(CBr)O2. The van der Waals surface area contributed by atoms with Gasteiger partial charge in [0.15, 0.2) is 0 Å². The van der Waals surface area contributed by atoms with E-state index in [1.165, 1.54) is 19.3 Å². The largest absolute Gasteiger partial charge is 0.378 e. The number of halogens is 1. The molecule has 2 rings (SSSR count). The molecule has 1 saturated carbocycles. The summed E-state index contributed by atoms with van der Waals surface area (Å²) in [6.07, 6.45) is 7.54. The molecule has 1 heterocycles. The summed E-state index contributed by atoms with van der Waals surface area (Å²) in [4.78, 5) is 0. The fraction of sp³-hybridized carbons (Fsp3) is 1.00. The molecule has 0 amide bonds. The van der Waals surface area contributed by atoms with E-state index in [2.05, 4.69) is 22.9 Å². The van der Waals surface area contributed by atoms with Crippen LogP contribution in [-0.4, -0.2) is 29.7 Å². The second-order valence-corrected chi connectivity index (χ2v) is 5.78. The van der Waals surface area contributed by atoms with Gasteiger partial charge in [0.25, 0.3) is 0 Å². The van der Waals surface area contributed by atoms with Crippen molar-refractivity contribution in [3.63, 3.8) is 0 Å². The minimum atomic E-state index is 0.0219. The minimum absolute atomic E-state index is 0.0219. The molecule has 1 aliphatic carbocycles. The van der Waals surface area contributed by atoms with Crippen molar-refractivity contribution in [2.24, 2.45) is 0 Å². The molecule has 88 valence electrons. The lowest BCUT2D eigenvalue weighted by Crippen LogP contribution is -2.47. The van der Waals surface area contributed by atoms with Crippen molar-refractivity contribution in [3.05, 3.63) is 0 Å². The summed E-state index contributed by atoms with van der Waals surface area (Å²) in [6, 6.07) is 0. The summed E-state index contributed by atoms with van der Waals surface area (Å²) in [5.74, 6) is 0. The number of hydrogen-bond acceptors (Lipinski definition) is 2. The number of rotatable bonds is 2. The van der Waals surface area contributed by atoms with Gasteiger partial charge in [-0.25, -0.2) is 0 Å². The first-order valence-corrected chi connectivity index (χ1v) is 7.05. The first-order chi connectivity index (χ1) is 7.14. The van der Waals surface area contributed by atoms with Crippen LogP contribution in [0.2, 0.25) is 0 Å². The first-order valence-electron chi connectivity index (χ1n) is 5.93. The van der Waals surface area contributed by atoms with E-state index in [0.29, 0.717) is 6.10 Å². The molecule has 3 heteroatoms. The second kappa shape index (κ2) is 4.34. The van der Waals surface area contributed by atoms with E-state index < -0.39 is 0 Å². The highest BCUT2D eigenvalue weighted by molar-refractivity contribution is 9.09. The van der Waals surface area contributed by atoms with E-state index in [1.807, 2.05) is 7.11 Å². The van der Waals surface area contributed by atoms with Crippen LogP contribution >= 0.6 is 15.9 Å². The van der Waals surface area contributed by atoms with E-state index in [1.54, 1.807) is 0 Å². The molecule has 0 radical (unpaired) electrons. The maximum absolute atomic E-state index is 6.36. The van der Waals surface area contributed by atoms with Gasteiger partial charge < -0.3 is 9.47 Å². The molecule has 15 heavy (non-hydrogen) atoms. The lowest BCUT2D eigenvalue weighted by molar-refractivity contribution is -0.168. The molecule has 0 aromatic heterocycles. The van der Waals surface area contributed by atoms with Gasteiger partial charge in [-0.2, -0.15) is 0 Å². The quantitative estimate of drug-likeness (QED) is 0.721. The Hall–Kier alpha value is 0.400. The van der Waals surface area contributed by atoms with Crippen LogP contribution in [0.25, 0.3) is 0 Å². The van der Waals surface area contributed by atoms with Gasteiger partial charge in [-0.3, -0.25) is 0 Å². The summed E-state index contributed by atoms with van der Waals surface area (Å²) < 4.78 is 12.0. The van der Waals surface area contributed by atoms with Gasteiger partial charge in [0, 0.05) is 12.4 Å². The standard InChI is InChI=1S/C12H21BrO2/c1-11(9-13)7-8-12(15-11)6-4-3-5-10(12)14-2/h10H,3-9H2,1-2H3. The van der Waals surface area contributed by atoms with Gasteiger partial charge in [0.05, 0.1) is 17.3 Å². The molecule has 3 atom stereocenters. The highest BCUT2D eigenvalue weighted by Crippen LogP contribution is 2.47. The number of methoxy groups -OCH3 is 1. The van der Waals surface area contributed by atoms with Gasteiger partial charge in [-0.05, 0) is 32.6 Å². The molecule has 0 N–H and O–H groups in total. The average Bonchev–Trinajstić information content (AvgIpc) is 2.59. The first kappa shape index (κ1) is 11.9. The molecule has 1 aliphatic heterocycles. The highest BCUT2D eigenvalue weighted by atomic mass is 79.9. The van der Waals surface area contributed by atoms with Crippen LogP contribution in [0.4, 0.5) is 0 Å². The highest BCUT2D eigenvalue weighted by Gasteiger charge is 2.51. The third kappa shape index (κ3) is 2.11. The molecular weight excluding hydrogens is 256 g/mol. The van der Waals surface area contributed by atoms with Crippen LogP contribution in [0.5, 0.6) is 0 Å². The van der Waals surface area contributed by atoms with Crippen molar-refractivity contribution >= 4 is 15.9 Å². The Kier molecular flexibility index (Phi) is 3.44. The van der Waals surface area contributed by atoms with Crippen molar-refractivity contribution in [2.75, 3.05) is 12.4 Å². The summed E-state index contributed by atoms with van der Waals surface area (Å²) in [5, 5.41) is 0.929. The lowest BCUT2D eigenvalue weighted by atomic mass is 9.80. The second-order valence-electron chi connectivity index (χ2n) is 5.22. The summed E-state index contributed by atoms with van der Waals surface area (Å²) in [6.45, 7) is 2.21. The Morgan fingerprint density at radius 1 is 1.33 bits per heavy atom. The van der Waals surface area contributed by atoms with Crippen molar-refractivity contribution in [3.8, 4) is 0 Å². The van der Waals surface area contributed by atoms with Gasteiger partial charge >= 0.3 is 0 Å². The van der Waals surface area contributed by atoms with E-state index >= 15 is 0 Å². The van der Waals surface area contributed by atoms with Crippen LogP contribution in [0, 0.1) is 0 Å². The molecule has 1 spiro atoms. The zero-order valence-corrected chi connectivity index (χ0v) is 11.3. The van der Waals surface area contributed by atoms with Crippen LogP contribution in [0.15, 0.2) is 0 Å². The topological polar surface area (TPSA) is 18.5 Å². The fourth-order valence-electron chi connectivity index (χ4n) is 3.08. The van der Waals surface area contributed by atoms with Crippen molar-refractivity contribution < 1.29 is 9.47 Å². The van der Waals surface area contributed by atoms with Crippen molar-refractivity contribution in [1.82, 2.24) is 0 Å². The molecule has 0 aromatic rings. The van der Waals surface area contributed by atoms with Crippen LogP contribution < -0.4 is 0 Å². The van der Waals surface area contributed by atoms with E-state index in [9.17, 15) is 0 Å². The number of alkyl halides is 1. The maximum atomic E-state index is 6.36. The monoisotopic (exact) mass is 276 g/mol. The number of ether oxygens (including phenoxy) is 2. The molecule has 3 unspecified atom stereocenters. The Bertz CT molecular complexity index is 234. The van der Waals surface area contributed by atoms with Gasteiger partial charge in [-0.1, -0.05) is 28.8 Å². The third-order valence-electron chi connectivity index (χ3n) is 4.00. The molecule has 0 aromatic carbocycles. The van der Waals surface area contributed by atoms with E-state index in [0.717, 1.165) is 24.6 Å². The predicted octanol–water partition coefficient (Wildman–Crippen LogP) is 3.28. The number of hydrogen-bond donors (Lipinski definition) is 0. The smallest absolute Gasteiger partial charge is 0.0951 e. The molecule has 0 bridgehead atoms. The predicted molar refractivity (Wildman–Crippen MR) is 64.5 cm³/mol. The molecular formula is C12H21BrO2. The zero-order chi connectivity index (χ0) is 10.9. The van der Waals surface area contributed by atoms with Crippen LogP contribution in [0.3, 0.4) is 0 Å². The van der Waals surface area contributed by atoms with Crippen LogP contribution in [0.1, 0.15) is 45.4 Å². The lowest BCUT2D eigenvalue weighted by Gasteiger charge is -2.41. The van der Waals surface area contributed by atoms with E-state index in [4.69, 9.17) is 9.47 Å². The van der Waals surface area contributed by atoms with Gasteiger partial charge in [0.2, 0.25) is 0 Å². The Morgan fingerprint density at radius 3 is 2.73 bits per heavy atom. The molecule has 2 fully saturated rings. The van der Waals surface area contributed by atoms with Gasteiger partial charge in [-0.15, -0.1) is 0 Å². The summed E-state index contributed by atoms with van der Waals surface area (Å²) in [7, 11) is 1.82. The normalized spacial score (nSPS) is 46.2. The summed E-state index contributed by atoms with van der Waals surface area (Å²) in [5.41, 5.74) is 0.0453. The maximum Gasteiger partial charge on any atom is 0.0951 e.